The Morgan fingerprint density at radius 1 is 1.12 bits per heavy atom. The van der Waals surface area contributed by atoms with E-state index >= 15 is 0 Å². The summed E-state index contributed by atoms with van der Waals surface area (Å²) in [5.41, 5.74) is 1.61. The number of Topliss-reactive ketones (excluding diaryl/α,β-unsaturated/α-hetero) is 1. The summed E-state index contributed by atoms with van der Waals surface area (Å²) in [6, 6.07) is 11.6. The van der Waals surface area contributed by atoms with Crippen LogP contribution in [0.1, 0.15) is 23.7 Å². The summed E-state index contributed by atoms with van der Waals surface area (Å²) in [6.45, 7) is 1.71. The molecule has 1 N–H and O–H groups in total. The molecule has 1 atom stereocenters. The van der Waals surface area contributed by atoms with Crippen LogP contribution in [0.5, 0.6) is 0 Å². The fraction of sp³-hybridized carbons (Fsp3) is 0.211. The summed E-state index contributed by atoms with van der Waals surface area (Å²) in [5.74, 6) is -1.02. The first-order chi connectivity index (χ1) is 12.3. The van der Waals surface area contributed by atoms with Crippen LogP contribution in [0.4, 0.5) is 11.4 Å². The van der Waals surface area contributed by atoms with E-state index in [-0.39, 0.29) is 30.6 Å². The highest BCUT2D eigenvalue weighted by atomic mass is 35.5. The van der Waals surface area contributed by atoms with Gasteiger partial charge >= 0.3 is 0 Å². The molecule has 0 aromatic heterocycles. The van der Waals surface area contributed by atoms with Gasteiger partial charge in [-0.25, -0.2) is 0 Å². The average molecular weight is 391 g/mol. The number of carbonyl (C=O) groups is 3. The number of anilines is 2. The number of benzene rings is 2. The summed E-state index contributed by atoms with van der Waals surface area (Å²) >= 11 is 12.0. The van der Waals surface area contributed by atoms with Gasteiger partial charge < -0.3 is 10.2 Å². The quantitative estimate of drug-likeness (QED) is 0.795. The number of halogens is 2. The van der Waals surface area contributed by atoms with E-state index in [2.05, 4.69) is 5.32 Å². The Kier molecular flexibility index (Phi) is 5.30. The van der Waals surface area contributed by atoms with Gasteiger partial charge in [0.05, 0.1) is 5.92 Å². The summed E-state index contributed by atoms with van der Waals surface area (Å²) < 4.78 is 0. The second-order valence-corrected chi connectivity index (χ2v) is 7.03. The molecule has 3 rings (SSSR count). The number of rotatable bonds is 4. The zero-order valence-electron chi connectivity index (χ0n) is 14.0. The highest BCUT2D eigenvalue weighted by molar-refractivity contribution is 6.35. The molecule has 1 saturated heterocycles. The Bertz CT molecular complexity index is 878. The van der Waals surface area contributed by atoms with Crippen LogP contribution >= 0.6 is 23.2 Å². The van der Waals surface area contributed by atoms with Crippen LogP contribution in [0.2, 0.25) is 10.0 Å². The van der Waals surface area contributed by atoms with Crippen LogP contribution in [-0.2, 0) is 9.59 Å². The molecule has 1 aliphatic rings. The van der Waals surface area contributed by atoms with E-state index in [1.165, 1.54) is 11.8 Å². The number of nitrogens with zero attached hydrogens (tertiary/aromatic N) is 1. The van der Waals surface area contributed by atoms with Crippen molar-refractivity contribution in [1.29, 1.82) is 0 Å². The van der Waals surface area contributed by atoms with Gasteiger partial charge in [0.2, 0.25) is 11.8 Å². The molecule has 1 heterocycles. The van der Waals surface area contributed by atoms with Crippen LogP contribution in [0, 0.1) is 5.92 Å². The van der Waals surface area contributed by atoms with Gasteiger partial charge in [0.25, 0.3) is 0 Å². The molecule has 1 aliphatic heterocycles. The monoisotopic (exact) mass is 390 g/mol. The van der Waals surface area contributed by atoms with Crippen molar-refractivity contribution in [3.8, 4) is 0 Å². The molecule has 134 valence electrons. The van der Waals surface area contributed by atoms with E-state index in [0.29, 0.717) is 27.0 Å². The summed E-state index contributed by atoms with van der Waals surface area (Å²) in [7, 11) is 0. The minimum atomic E-state index is -0.499. The Balaban J connectivity index is 1.73. The molecule has 1 unspecified atom stereocenters. The average Bonchev–Trinajstić information content (AvgIpc) is 2.96. The lowest BCUT2D eigenvalue weighted by Gasteiger charge is -2.17. The highest BCUT2D eigenvalue weighted by Crippen LogP contribution is 2.30. The SMILES string of the molecule is CC(=O)c1cccc(NC(=O)C2CC(=O)N(c3cc(Cl)cc(Cl)c3)C2)c1. The van der Waals surface area contributed by atoms with Crippen molar-refractivity contribution in [3.05, 3.63) is 58.1 Å². The molecule has 0 spiro atoms. The molecule has 1 fully saturated rings. The Morgan fingerprint density at radius 2 is 1.81 bits per heavy atom. The number of carbonyl (C=O) groups excluding carboxylic acids is 3. The molecular weight excluding hydrogens is 375 g/mol. The van der Waals surface area contributed by atoms with Gasteiger partial charge in [-0.15, -0.1) is 0 Å². The maximum atomic E-state index is 12.5. The molecule has 7 heteroatoms. The molecule has 0 bridgehead atoms. The van der Waals surface area contributed by atoms with Gasteiger partial charge in [-0.1, -0.05) is 35.3 Å². The molecule has 26 heavy (non-hydrogen) atoms. The van der Waals surface area contributed by atoms with Crippen molar-refractivity contribution < 1.29 is 14.4 Å². The Labute approximate surface area is 160 Å². The second-order valence-electron chi connectivity index (χ2n) is 6.16. The Hall–Kier alpha value is -2.37. The molecule has 2 amide bonds. The third-order valence-corrected chi connectivity index (χ3v) is 4.63. The van der Waals surface area contributed by atoms with Gasteiger partial charge in [-0.05, 0) is 37.3 Å². The number of hydrogen-bond donors (Lipinski definition) is 1. The summed E-state index contributed by atoms with van der Waals surface area (Å²) in [5, 5.41) is 3.62. The lowest BCUT2D eigenvalue weighted by molar-refractivity contribution is -0.122. The molecule has 5 nitrogen and oxygen atoms in total. The molecule has 0 aliphatic carbocycles. The predicted octanol–water partition coefficient (Wildman–Crippen LogP) is 4.19. The van der Waals surface area contributed by atoms with E-state index in [1.54, 1.807) is 42.5 Å². The molecule has 0 radical (unpaired) electrons. The minimum Gasteiger partial charge on any atom is -0.326 e. The van der Waals surface area contributed by atoms with Crippen LogP contribution in [0.15, 0.2) is 42.5 Å². The fourth-order valence-corrected chi connectivity index (χ4v) is 3.40. The van der Waals surface area contributed by atoms with Gasteiger partial charge in [-0.2, -0.15) is 0 Å². The van der Waals surface area contributed by atoms with E-state index in [0.717, 1.165) is 0 Å². The number of amides is 2. The normalized spacial score (nSPS) is 16.7. The standard InChI is InChI=1S/C19H16Cl2N2O3/c1-11(24)12-3-2-4-16(5-12)22-19(26)13-6-18(25)23(10-13)17-8-14(20)7-15(21)9-17/h2-5,7-9,13H,6,10H2,1H3,(H,22,26). The lowest BCUT2D eigenvalue weighted by atomic mass is 10.1. The molecule has 2 aromatic rings. The molecule has 0 saturated carbocycles. The molecule has 2 aromatic carbocycles. The van der Waals surface area contributed by atoms with Crippen LogP contribution < -0.4 is 10.2 Å². The van der Waals surface area contributed by atoms with Crippen LogP contribution in [0.3, 0.4) is 0 Å². The van der Waals surface area contributed by atoms with Crippen LogP contribution in [0.25, 0.3) is 0 Å². The summed E-state index contributed by atoms with van der Waals surface area (Å²) in [4.78, 5) is 37.8. The van der Waals surface area contributed by atoms with Crippen molar-refractivity contribution in [2.45, 2.75) is 13.3 Å². The number of ketones is 1. The first-order valence-electron chi connectivity index (χ1n) is 8.02. The van der Waals surface area contributed by atoms with Gasteiger partial charge in [0, 0.05) is 39.9 Å². The topological polar surface area (TPSA) is 66.5 Å². The van der Waals surface area contributed by atoms with Gasteiger partial charge in [-0.3, -0.25) is 14.4 Å². The minimum absolute atomic E-state index is 0.0823. The van der Waals surface area contributed by atoms with E-state index in [9.17, 15) is 14.4 Å². The highest BCUT2D eigenvalue weighted by Gasteiger charge is 2.35. The smallest absolute Gasteiger partial charge is 0.229 e. The zero-order valence-corrected chi connectivity index (χ0v) is 15.5. The largest absolute Gasteiger partial charge is 0.326 e. The number of nitrogens with one attached hydrogen (secondary N) is 1. The fourth-order valence-electron chi connectivity index (χ4n) is 2.89. The van der Waals surface area contributed by atoms with Crippen molar-refractivity contribution in [2.75, 3.05) is 16.8 Å². The maximum Gasteiger partial charge on any atom is 0.229 e. The van der Waals surface area contributed by atoms with Crippen molar-refractivity contribution in [3.63, 3.8) is 0 Å². The number of hydrogen-bond acceptors (Lipinski definition) is 3. The van der Waals surface area contributed by atoms with Gasteiger partial charge in [0.1, 0.15) is 0 Å². The van der Waals surface area contributed by atoms with Crippen molar-refractivity contribution in [1.82, 2.24) is 0 Å². The van der Waals surface area contributed by atoms with E-state index < -0.39 is 5.92 Å². The van der Waals surface area contributed by atoms with Gasteiger partial charge in [0.15, 0.2) is 5.78 Å². The van der Waals surface area contributed by atoms with Crippen molar-refractivity contribution in [2.24, 2.45) is 5.92 Å². The van der Waals surface area contributed by atoms with Crippen LogP contribution in [-0.4, -0.2) is 24.1 Å². The third-order valence-electron chi connectivity index (χ3n) is 4.19. The third kappa shape index (κ3) is 4.06. The van der Waals surface area contributed by atoms with E-state index in [1.807, 2.05) is 0 Å². The first kappa shape index (κ1) is 18.4. The van der Waals surface area contributed by atoms with Crippen molar-refractivity contribution >= 4 is 52.2 Å². The zero-order chi connectivity index (χ0) is 18.8. The first-order valence-corrected chi connectivity index (χ1v) is 8.77. The lowest BCUT2D eigenvalue weighted by Crippen LogP contribution is -2.28. The predicted molar refractivity (Wildman–Crippen MR) is 102 cm³/mol. The maximum absolute atomic E-state index is 12.5. The Morgan fingerprint density at radius 3 is 2.46 bits per heavy atom. The summed E-state index contributed by atoms with van der Waals surface area (Å²) in [6.07, 6.45) is 0.0996. The molecular formula is C19H16Cl2N2O3. The van der Waals surface area contributed by atoms with E-state index in [4.69, 9.17) is 23.2 Å². The second kappa shape index (κ2) is 7.48.